The number of thiophene rings is 1. The number of hydrogen-bond acceptors (Lipinski definition) is 6. The van der Waals surface area contributed by atoms with Gasteiger partial charge in [-0.2, -0.15) is 0 Å². The van der Waals surface area contributed by atoms with Crippen molar-refractivity contribution < 1.29 is 19.2 Å². The third kappa shape index (κ3) is 2.07. The van der Waals surface area contributed by atoms with Gasteiger partial charge in [0.2, 0.25) is 11.8 Å². The summed E-state index contributed by atoms with van der Waals surface area (Å²) < 4.78 is 0. The van der Waals surface area contributed by atoms with Crippen molar-refractivity contribution in [3.63, 3.8) is 0 Å². The summed E-state index contributed by atoms with van der Waals surface area (Å²) in [5.74, 6) is -1.95. The monoisotopic (exact) mass is 307 g/mol. The summed E-state index contributed by atoms with van der Waals surface area (Å²) in [5.41, 5.74) is 6.18. The molecule has 3 heterocycles. The van der Waals surface area contributed by atoms with Crippen molar-refractivity contribution in [1.82, 2.24) is 10.2 Å². The minimum atomic E-state index is -0.931. The fourth-order valence-corrected chi connectivity index (χ4v) is 3.57. The van der Waals surface area contributed by atoms with Gasteiger partial charge < -0.3 is 5.73 Å². The number of carbonyl (C=O) groups excluding carboxylic acids is 4. The predicted molar refractivity (Wildman–Crippen MR) is 73.5 cm³/mol. The molecule has 0 saturated carbocycles. The van der Waals surface area contributed by atoms with Crippen LogP contribution < -0.4 is 11.1 Å². The first-order chi connectivity index (χ1) is 10.0. The Hall–Kier alpha value is -2.06. The fourth-order valence-electron chi connectivity index (χ4n) is 2.68. The first-order valence-corrected chi connectivity index (χ1v) is 7.44. The minimum absolute atomic E-state index is 0.169. The molecule has 1 saturated heterocycles. The molecule has 4 amide bonds. The lowest BCUT2D eigenvalue weighted by molar-refractivity contribution is -0.131. The summed E-state index contributed by atoms with van der Waals surface area (Å²) in [6.45, 7) is 0.169. The van der Waals surface area contributed by atoms with Crippen LogP contribution in [-0.2, 0) is 16.1 Å². The SMILES string of the molecule is NCc1scc2c1C(=O)N([C@H]1CCCC(=O)NC1=O)C2=O. The topological polar surface area (TPSA) is 110 Å². The number of rotatable bonds is 2. The Balaban J connectivity index is 1.95. The van der Waals surface area contributed by atoms with Crippen LogP contribution >= 0.6 is 11.3 Å². The van der Waals surface area contributed by atoms with Crippen molar-refractivity contribution in [3.05, 3.63) is 21.4 Å². The molecular formula is C13H13N3O4S. The van der Waals surface area contributed by atoms with E-state index < -0.39 is 23.8 Å². The summed E-state index contributed by atoms with van der Waals surface area (Å²) in [6, 6.07) is -0.931. The van der Waals surface area contributed by atoms with Gasteiger partial charge in [0.15, 0.2) is 0 Å². The number of nitrogens with zero attached hydrogens (tertiary/aromatic N) is 1. The second-order valence-electron chi connectivity index (χ2n) is 4.95. The van der Waals surface area contributed by atoms with Gasteiger partial charge in [-0.1, -0.05) is 0 Å². The van der Waals surface area contributed by atoms with Crippen LogP contribution in [0.4, 0.5) is 0 Å². The average molecular weight is 307 g/mol. The Labute approximate surface area is 124 Å². The van der Waals surface area contributed by atoms with Crippen molar-refractivity contribution in [2.24, 2.45) is 5.73 Å². The van der Waals surface area contributed by atoms with Gasteiger partial charge in [0.25, 0.3) is 11.8 Å². The molecule has 3 rings (SSSR count). The minimum Gasteiger partial charge on any atom is -0.326 e. The molecule has 0 aromatic carbocycles. The molecular weight excluding hydrogens is 294 g/mol. The Morgan fingerprint density at radius 3 is 2.76 bits per heavy atom. The number of carbonyl (C=O) groups is 4. The maximum absolute atomic E-state index is 12.5. The molecule has 110 valence electrons. The van der Waals surface area contributed by atoms with Gasteiger partial charge in [-0.05, 0) is 12.8 Å². The predicted octanol–water partition coefficient (Wildman–Crippen LogP) is -0.00190. The normalized spacial score (nSPS) is 22.3. The number of nitrogens with two attached hydrogens (primary N) is 1. The average Bonchev–Trinajstić information content (AvgIpc) is 2.92. The Morgan fingerprint density at radius 2 is 2.05 bits per heavy atom. The Bertz CT molecular complexity index is 666. The smallest absolute Gasteiger partial charge is 0.263 e. The van der Waals surface area contributed by atoms with Gasteiger partial charge in [0.1, 0.15) is 6.04 Å². The van der Waals surface area contributed by atoms with Crippen LogP contribution in [0.3, 0.4) is 0 Å². The zero-order valence-electron chi connectivity index (χ0n) is 11.0. The maximum Gasteiger partial charge on any atom is 0.263 e. The molecule has 1 atom stereocenters. The summed E-state index contributed by atoms with van der Waals surface area (Å²) in [5, 5.41) is 3.81. The second-order valence-corrected chi connectivity index (χ2v) is 5.92. The van der Waals surface area contributed by atoms with Gasteiger partial charge >= 0.3 is 0 Å². The first kappa shape index (κ1) is 13.9. The largest absolute Gasteiger partial charge is 0.326 e. The lowest BCUT2D eigenvalue weighted by Crippen LogP contribution is -2.49. The van der Waals surface area contributed by atoms with Crippen LogP contribution in [0.5, 0.6) is 0 Å². The molecule has 0 radical (unpaired) electrons. The molecule has 1 aromatic rings. The van der Waals surface area contributed by atoms with E-state index >= 15 is 0 Å². The molecule has 0 aliphatic carbocycles. The molecule has 1 fully saturated rings. The molecule has 2 aliphatic rings. The van der Waals surface area contributed by atoms with E-state index in [1.54, 1.807) is 5.38 Å². The van der Waals surface area contributed by atoms with Crippen LogP contribution in [0.25, 0.3) is 0 Å². The van der Waals surface area contributed by atoms with Crippen LogP contribution in [0.2, 0.25) is 0 Å². The molecule has 21 heavy (non-hydrogen) atoms. The molecule has 7 nitrogen and oxygen atoms in total. The molecule has 0 unspecified atom stereocenters. The Morgan fingerprint density at radius 1 is 1.29 bits per heavy atom. The number of amides is 4. The summed E-state index contributed by atoms with van der Waals surface area (Å²) in [7, 11) is 0. The van der Waals surface area contributed by atoms with Crippen molar-refractivity contribution in [2.75, 3.05) is 0 Å². The van der Waals surface area contributed by atoms with E-state index in [1.165, 1.54) is 11.3 Å². The van der Waals surface area contributed by atoms with E-state index in [9.17, 15) is 19.2 Å². The fraction of sp³-hybridized carbons (Fsp3) is 0.385. The van der Waals surface area contributed by atoms with Crippen molar-refractivity contribution in [3.8, 4) is 0 Å². The standard InChI is InChI=1S/C13H13N3O4S/c14-4-8-10-6(5-21-8)12(19)16(13(10)20)7-2-1-3-9(17)15-11(7)18/h5,7H,1-4,14H2,(H,15,17,18)/t7-/m0/s1. The van der Waals surface area contributed by atoms with Crippen LogP contribution in [0, 0.1) is 0 Å². The lowest BCUT2D eigenvalue weighted by atomic mass is 10.1. The molecule has 3 N–H and O–H groups in total. The van der Waals surface area contributed by atoms with E-state index in [4.69, 9.17) is 5.73 Å². The van der Waals surface area contributed by atoms with Crippen molar-refractivity contribution >= 4 is 35.0 Å². The van der Waals surface area contributed by atoms with Crippen LogP contribution in [0.15, 0.2) is 5.38 Å². The lowest BCUT2D eigenvalue weighted by Gasteiger charge is -2.23. The van der Waals surface area contributed by atoms with Gasteiger partial charge in [-0.3, -0.25) is 29.4 Å². The summed E-state index contributed by atoms with van der Waals surface area (Å²) in [4.78, 5) is 49.8. The van der Waals surface area contributed by atoms with Gasteiger partial charge in [0.05, 0.1) is 11.1 Å². The van der Waals surface area contributed by atoms with Gasteiger partial charge in [-0.15, -0.1) is 11.3 Å². The number of nitrogens with one attached hydrogen (secondary N) is 1. The molecule has 0 spiro atoms. The Kier molecular flexibility index (Phi) is 3.34. The van der Waals surface area contributed by atoms with E-state index in [0.29, 0.717) is 28.8 Å². The molecule has 2 aliphatic heterocycles. The quantitative estimate of drug-likeness (QED) is 0.747. The van der Waals surface area contributed by atoms with Crippen molar-refractivity contribution in [2.45, 2.75) is 31.8 Å². The van der Waals surface area contributed by atoms with Gasteiger partial charge in [0, 0.05) is 23.2 Å². The number of hydrogen-bond donors (Lipinski definition) is 2. The van der Waals surface area contributed by atoms with E-state index in [2.05, 4.69) is 5.32 Å². The number of fused-ring (bicyclic) bond motifs is 1. The highest BCUT2D eigenvalue weighted by molar-refractivity contribution is 7.10. The highest BCUT2D eigenvalue weighted by Gasteiger charge is 2.45. The van der Waals surface area contributed by atoms with E-state index in [1.807, 2.05) is 0 Å². The second kappa shape index (κ2) is 5.05. The zero-order chi connectivity index (χ0) is 15.1. The first-order valence-electron chi connectivity index (χ1n) is 6.56. The third-order valence-corrected chi connectivity index (χ3v) is 4.70. The molecule has 1 aromatic heterocycles. The third-order valence-electron chi connectivity index (χ3n) is 3.69. The summed E-state index contributed by atoms with van der Waals surface area (Å²) in [6.07, 6.45) is 0.963. The maximum atomic E-state index is 12.5. The zero-order valence-corrected chi connectivity index (χ0v) is 11.9. The van der Waals surface area contributed by atoms with Gasteiger partial charge in [-0.25, -0.2) is 0 Å². The highest BCUT2D eigenvalue weighted by Crippen LogP contribution is 2.33. The molecule has 8 heteroatoms. The van der Waals surface area contributed by atoms with E-state index in [0.717, 1.165) is 4.90 Å². The van der Waals surface area contributed by atoms with Crippen LogP contribution in [0.1, 0.15) is 44.9 Å². The summed E-state index contributed by atoms with van der Waals surface area (Å²) >= 11 is 1.27. The number of imide groups is 2. The molecule has 0 bridgehead atoms. The van der Waals surface area contributed by atoms with E-state index in [-0.39, 0.29) is 18.9 Å². The van der Waals surface area contributed by atoms with Crippen LogP contribution in [-0.4, -0.2) is 34.6 Å². The highest BCUT2D eigenvalue weighted by atomic mass is 32.1. The van der Waals surface area contributed by atoms with Crippen molar-refractivity contribution in [1.29, 1.82) is 0 Å².